The first-order valence-electron chi connectivity index (χ1n) is 6.33. The number of carbonyl (C=O) groups is 1. The highest BCUT2D eigenvalue weighted by molar-refractivity contribution is 5.77. The van der Waals surface area contributed by atoms with E-state index in [-0.39, 0.29) is 37.3 Å². The Bertz CT molecular complexity index is 498. The van der Waals surface area contributed by atoms with Crippen molar-refractivity contribution in [3.05, 3.63) is 29.6 Å². The molecule has 0 aromatic heterocycles. The van der Waals surface area contributed by atoms with Crippen LogP contribution in [0.15, 0.2) is 18.2 Å². The molecule has 0 fully saturated rings. The Balaban J connectivity index is 2.58. The summed E-state index contributed by atoms with van der Waals surface area (Å²) < 4.78 is 18.6. The first-order valence-corrected chi connectivity index (χ1v) is 6.33. The zero-order valence-corrected chi connectivity index (χ0v) is 11.4. The Kier molecular flexibility index (Phi) is 6.47. The number of halogens is 1. The topological polar surface area (TPSA) is 88.1 Å². The number of carbonyl (C=O) groups excluding carboxylic acids is 1. The van der Waals surface area contributed by atoms with E-state index in [4.69, 9.17) is 15.7 Å². The quantitative estimate of drug-likeness (QED) is 0.732. The van der Waals surface area contributed by atoms with Crippen LogP contribution in [-0.2, 0) is 11.2 Å². The second kappa shape index (κ2) is 8.12. The van der Waals surface area contributed by atoms with Gasteiger partial charge in [0.2, 0.25) is 0 Å². The molecule has 1 aromatic rings. The molecular formula is C14H18FN3O2. The molecule has 0 spiro atoms. The van der Waals surface area contributed by atoms with Gasteiger partial charge in [0.15, 0.2) is 6.61 Å². The van der Waals surface area contributed by atoms with Crippen LogP contribution in [0.4, 0.5) is 4.39 Å². The summed E-state index contributed by atoms with van der Waals surface area (Å²) in [4.78, 5) is 11.4. The minimum Gasteiger partial charge on any atom is -0.483 e. The number of ether oxygens (including phenoxy) is 1. The predicted molar refractivity (Wildman–Crippen MR) is 72.5 cm³/mol. The maximum atomic E-state index is 13.2. The van der Waals surface area contributed by atoms with E-state index < -0.39 is 0 Å². The van der Waals surface area contributed by atoms with Gasteiger partial charge in [-0.3, -0.25) is 4.79 Å². The molecule has 0 aliphatic carbocycles. The highest BCUT2D eigenvalue weighted by Gasteiger charge is 2.09. The fraction of sp³-hybridized carbons (Fsp3) is 0.429. The largest absolute Gasteiger partial charge is 0.483 e. The molecule has 108 valence electrons. The minimum absolute atomic E-state index is 0.136. The van der Waals surface area contributed by atoms with Gasteiger partial charge in [-0.1, -0.05) is 0 Å². The number of amides is 1. The van der Waals surface area contributed by atoms with Gasteiger partial charge in [0.1, 0.15) is 11.6 Å². The summed E-state index contributed by atoms with van der Waals surface area (Å²) in [5, 5.41) is 10.9. The van der Waals surface area contributed by atoms with Gasteiger partial charge in [0.05, 0.1) is 12.5 Å². The molecule has 0 saturated heterocycles. The molecule has 3 N–H and O–H groups in total. The van der Waals surface area contributed by atoms with Crippen molar-refractivity contribution < 1.29 is 13.9 Å². The number of benzene rings is 1. The summed E-state index contributed by atoms with van der Waals surface area (Å²) in [6, 6.07) is 5.89. The molecule has 6 heteroatoms. The van der Waals surface area contributed by atoms with Gasteiger partial charge >= 0.3 is 0 Å². The molecule has 1 atom stereocenters. The molecule has 1 rings (SSSR count). The van der Waals surface area contributed by atoms with Crippen molar-refractivity contribution in [2.24, 2.45) is 5.73 Å². The van der Waals surface area contributed by atoms with Crippen molar-refractivity contribution in [1.82, 2.24) is 5.32 Å². The van der Waals surface area contributed by atoms with E-state index in [1.165, 1.54) is 18.2 Å². The number of nitrogens with one attached hydrogen (secondary N) is 1. The monoisotopic (exact) mass is 279 g/mol. The summed E-state index contributed by atoms with van der Waals surface area (Å²) in [6.07, 6.45) is 0.710. The molecule has 1 unspecified atom stereocenters. The van der Waals surface area contributed by atoms with Crippen LogP contribution in [0, 0.1) is 17.1 Å². The molecule has 1 aromatic carbocycles. The fourth-order valence-electron chi connectivity index (χ4n) is 1.65. The summed E-state index contributed by atoms with van der Waals surface area (Å²) in [6.45, 7) is 1.92. The Labute approximate surface area is 117 Å². The fourth-order valence-corrected chi connectivity index (χ4v) is 1.65. The van der Waals surface area contributed by atoms with E-state index >= 15 is 0 Å². The van der Waals surface area contributed by atoms with E-state index in [2.05, 4.69) is 5.32 Å². The van der Waals surface area contributed by atoms with Crippen molar-refractivity contribution in [3.63, 3.8) is 0 Å². The third-order valence-corrected chi connectivity index (χ3v) is 2.48. The maximum absolute atomic E-state index is 13.2. The standard InChI is InChI=1S/C14H18FN3O2/c1-10(17)7-11-8-12(15)3-4-13(11)20-9-14(19)18-6-2-5-16/h3-4,8,10H,2,6-7,9,17H2,1H3,(H,18,19). The van der Waals surface area contributed by atoms with E-state index in [1.807, 2.05) is 13.0 Å². The summed E-state index contributed by atoms with van der Waals surface area (Å²) in [5.74, 6) is -0.248. The predicted octanol–water partition coefficient (Wildman–Crippen LogP) is 1.12. The summed E-state index contributed by atoms with van der Waals surface area (Å²) >= 11 is 0. The Morgan fingerprint density at radius 1 is 1.60 bits per heavy atom. The van der Waals surface area contributed by atoms with Crippen LogP contribution in [0.2, 0.25) is 0 Å². The Morgan fingerprint density at radius 2 is 2.35 bits per heavy atom. The van der Waals surface area contributed by atoms with Crippen LogP contribution in [-0.4, -0.2) is 25.1 Å². The molecule has 0 bridgehead atoms. The molecule has 1 amide bonds. The first-order chi connectivity index (χ1) is 9.52. The van der Waals surface area contributed by atoms with E-state index in [9.17, 15) is 9.18 Å². The molecular weight excluding hydrogens is 261 g/mol. The van der Waals surface area contributed by atoms with Crippen molar-refractivity contribution in [2.75, 3.05) is 13.2 Å². The van der Waals surface area contributed by atoms with Crippen molar-refractivity contribution in [1.29, 1.82) is 5.26 Å². The third-order valence-electron chi connectivity index (χ3n) is 2.48. The molecule has 0 saturated carbocycles. The van der Waals surface area contributed by atoms with Gasteiger partial charge in [-0.25, -0.2) is 4.39 Å². The second-order valence-corrected chi connectivity index (χ2v) is 4.48. The molecule has 20 heavy (non-hydrogen) atoms. The Morgan fingerprint density at radius 3 is 3.00 bits per heavy atom. The number of nitrogens with two attached hydrogens (primary N) is 1. The average molecular weight is 279 g/mol. The lowest BCUT2D eigenvalue weighted by atomic mass is 10.1. The van der Waals surface area contributed by atoms with E-state index in [1.54, 1.807) is 0 Å². The molecule has 0 aliphatic heterocycles. The van der Waals surface area contributed by atoms with Crippen molar-refractivity contribution in [3.8, 4) is 11.8 Å². The zero-order chi connectivity index (χ0) is 15.0. The minimum atomic E-state index is -0.369. The SMILES string of the molecule is CC(N)Cc1cc(F)ccc1OCC(=O)NCCC#N. The molecule has 5 nitrogen and oxygen atoms in total. The zero-order valence-electron chi connectivity index (χ0n) is 11.4. The normalized spacial score (nSPS) is 11.5. The first kappa shape index (κ1) is 15.9. The van der Waals surface area contributed by atoms with Gasteiger partial charge in [0, 0.05) is 12.6 Å². The van der Waals surface area contributed by atoms with Crippen LogP contribution in [0.25, 0.3) is 0 Å². The van der Waals surface area contributed by atoms with E-state index in [0.29, 0.717) is 17.7 Å². The summed E-state index contributed by atoms with van der Waals surface area (Å²) in [7, 11) is 0. The average Bonchev–Trinajstić information content (AvgIpc) is 2.37. The van der Waals surface area contributed by atoms with Crippen LogP contribution < -0.4 is 15.8 Å². The number of nitriles is 1. The van der Waals surface area contributed by atoms with Gasteiger partial charge < -0.3 is 15.8 Å². The highest BCUT2D eigenvalue weighted by atomic mass is 19.1. The number of hydrogen-bond donors (Lipinski definition) is 2. The van der Waals surface area contributed by atoms with Crippen molar-refractivity contribution in [2.45, 2.75) is 25.8 Å². The third kappa shape index (κ3) is 5.67. The van der Waals surface area contributed by atoms with Crippen LogP contribution in [0.1, 0.15) is 18.9 Å². The molecule has 0 aliphatic rings. The van der Waals surface area contributed by atoms with E-state index in [0.717, 1.165) is 0 Å². The lowest BCUT2D eigenvalue weighted by molar-refractivity contribution is -0.123. The summed E-state index contributed by atoms with van der Waals surface area (Å²) in [5.41, 5.74) is 6.32. The molecule has 0 heterocycles. The smallest absolute Gasteiger partial charge is 0.257 e. The van der Waals surface area contributed by atoms with Gasteiger partial charge in [-0.2, -0.15) is 5.26 Å². The van der Waals surface area contributed by atoms with Gasteiger partial charge in [0.25, 0.3) is 5.91 Å². The lowest BCUT2D eigenvalue weighted by Crippen LogP contribution is -2.29. The number of hydrogen-bond acceptors (Lipinski definition) is 4. The second-order valence-electron chi connectivity index (χ2n) is 4.48. The van der Waals surface area contributed by atoms with Gasteiger partial charge in [-0.15, -0.1) is 0 Å². The number of rotatable bonds is 7. The van der Waals surface area contributed by atoms with Crippen molar-refractivity contribution >= 4 is 5.91 Å². The lowest BCUT2D eigenvalue weighted by Gasteiger charge is -2.13. The number of nitrogens with zero attached hydrogens (tertiary/aromatic N) is 1. The highest BCUT2D eigenvalue weighted by Crippen LogP contribution is 2.21. The Hall–Kier alpha value is -2.13. The van der Waals surface area contributed by atoms with Gasteiger partial charge in [-0.05, 0) is 37.1 Å². The maximum Gasteiger partial charge on any atom is 0.257 e. The van der Waals surface area contributed by atoms with Crippen LogP contribution in [0.5, 0.6) is 5.75 Å². The molecule has 0 radical (unpaired) electrons. The van der Waals surface area contributed by atoms with Crippen LogP contribution >= 0.6 is 0 Å². The van der Waals surface area contributed by atoms with Crippen LogP contribution in [0.3, 0.4) is 0 Å².